The molecule has 176 valence electrons. The Morgan fingerprint density at radius 1 is 0.818 bits per heavy atom. The molecule has 0 atom stereocenters. The van der Waals surface area contributed by atoms with Crippen molar-refractivity contribution in [3.8, 4) is 0 Å². The average molecular weight is 559 g/mol. The molecule has 1 aliphatic heterocycles. The van der Waals surface area contributed by atoms with Gasteiger partial charge in [0.1, 0.15) is 0 Å². The lowest BCUT2D eigenvalue weighted by atomic mass is 10.1. The van der Waals surface area contributed by atoms with Gasteiger partial charge in [-0.2, -0.15) is 0 Å². The van der Waals surface area contributed by atoms with E-state index in [9.17, 15) is 0 Å². The fourth-order valence-electron chi connectivity index (χ4n) is 4.08. The zero-order chi connectivity index (χ0) is 22.0. The molecule has 1 saturated heterocycles. The first-order chi connectivity index (χ1) is 15.8. The number of aromatic nitrogens is 2. The van der Waals surface area contributed by atoms with Crippen molar-refractivity contribution in [1.29, 1.82) is 0 Å². The summed E-state index contributed by atoms with van der Waals surface area (Å²) in [6.07, 6.45) is 9.68. The molecule has 2 heterocycles. The van der Waals surface area contributed by atoms with Gasteiger partial charge in [-0.05, 0) is 48.2 Å². The lowest BCUT2D eigenvalue weighted by molar-refractivity contribution is 0.221. The van der Waals surface area contributed by atoms with Crippen LogP contribution >= 0.6 is 24.0 Å². The predicted octanol–water partition coefficient (Wildman–Crippen LogP) is 4.40. The van der Waals surface area contributed by atoms with E-state index in [4.69, 9.17) is 0 Å². The van der Waals surface area contributed by atoms with Gasteiger partial charge >= 0.3 is 0 Å². The zero-order valence-electron chi connectivity index (χ0n) is 19.4. The molecule has 0 saturated carbocycles. The lowest BCUT2D eigenvalue weighted by Crippen LogP contribution is -2.36. The third kappa shape index (κ3) is 8.16. The number of likely N-dealkylation sites (tertiary alicyclic amines) is 1. The maximum Gasteiger partial charge on any atom is 0.191 e. The molecule has 0 unspecified atom stereocenters. The molecule has 3 aromatic rings. The van der Waals surface area contributed by atoms with Gasteiger partial charge in [0.05, 0.1) is 6.33 Å². The molecular formula is C26H35IN6. The Hall–Kier alpha value is -2.39. The van der Waals surface area contributed by atoms with Gasteiger partial charge in [0.25, 0.3) is 0 Å². The Morgan fingerprint density at radius 2 is 1.36 bits per heavy atom. The molecule has 0 bridgehead atoms. The van der Waals surface area contributed by atoms with E-state index in [-0.39, 0.29) is 24.0 Å². The molecule has 1 aliphatic rings. The van der Waals surface area contributed by atoms with Gasteiger partial charge in [0.2, 0.25) is 0 Å². The van der Waals surface area contributed by atoms with Crippen molar-refractivity contribution in [3.05, 3.63) is 89.5 Å². The Balaban J connectivity index is 0.00000306. The summed E-state index contributed by atoms with van der Waals surface area (Å²) < 4.78 is 2.07. The third-order valence-corrected chi connectivity index (χ3v) is 5.97. The van der Waals surface area contributed by atoms with E-state index in [1.807, 2.05) is 19.6 Å². The fraction of sp³-hybridized carbons (Fsp3) is 0.385. The molecule has 2 aromatic carbocycles. The molecule has 0 spiro atoms. The summed E-state index contributed by atoms with van der Waals surface area (Å²) in [5, 5.41) is 6.82. The van der Waals surface area contributed by atoms with Gasteiger partial charge in [-0.25, -0.2) is 4.98 Å². The van der Waals surface area contributed by atoms with Crippen molar-refractivity contribution in [3.63, 3.8) is 0 Å². The number of nitrogens with one attached hydrogen (secondary N) is 2. The second-order valence-electron chi connectivity index (χ2n) is 8.48. The Labute approximate surface area is 214 Å². The minimum atomic E-state index is 0. The number of benzene rings is 2. The highest BCUT2D eigenvalue weighted by molar-refractivity contribution is 14.0. The molecule has 1 aromatic heterocycles. The van der Waals surface area contributed by atoms with Crippen molar-refractivity contribution >= 4 is 29.9 Å². The van der Waals surface area contributed by atoms with Crippen molar-refractivity contribution in [2.75, 3.05) is 20.1 Å². The van der Waals surface area contributed by atoms with Gasteiger partial charge in [0, 0.05) is 45.6 Å². The third-order valence-electron chi connectivity index (χ3n) is 5.97. The maximum absolute atomic E-state index is 4.36. The van der Waals surface area contributed by atoms with Crippen molar-refractivity contribution < 1.29 is 0 Å². The van der Waals surface area contributed by atoms with E-state index >= 15 is 0 Å². The fourth-order valence-corrected chi connectivity index (χ4v) is 4.08. The summed E-state index contributed by atoms with van der Waals surface area (Å²) in [4.78, 5) is 11.0. The van der Waals surface area contributed by atoms with Crippen molar-refractivity contribution in [2.45, 2.75) is 45.4 Å². The van der Waals surface area contributed by atoms with Gasteiger partial charge in [0.15, 0.2) is 5.96 Å². The topological polar surface area (TPSA) is 57.5 Å². The average Bonchev–Trinajstić information content (AvgIpc) is 3.35. The SMILES string of the molecule is CN=C(NCc1ccc(CN2CCCCC2)cc1)NCc1ccc(Cn2ccnc2)cc1.I. The monoisotopic (exact) mass is 558 g/mol. The minimum absolute atomic E-state index is 0. The Kier molecular flexibility index (Phi) is 10.2. The lowest BCUT2D eigenvalue weighted by Gasteiger charge is -2.26. The van der Waals surface area contributed by atoms with Gasteiger partial charge in [-0.3, -0.25) is 9.89 Å². The molecule has 1 fully saturated rings. The van der Waals surface area contributed by atoms with Crippen LogP contribution in [0.1, 0.15) is 41.5 Å². The summed E-state index contributed by atoms with van der Waals surface area (Å²) in [6.45, 7) is 5.87. The summed E-state index contributed by atoms with van der Waals surface area (Å²) >= 11 is 0. The van der Waals surface area contributed by atoms with E-state index < -0.39 is 0 Å². The van der Waals surface area contributed by atoms with Gasteiger partial charge < -0.3 is 15.2 Å². The summed E-state index contributed by atoms with van der Waals surface area (Å²) in [5.41, 5.74) is 5.15. The van der Waals surface area contributed by atoms with Crippen LogP contribution in [0.3, 0.4) is 0 Å². The highest BCUT2D eigenvalue weighted by Crippen LogP contribution is 2.13. The molecule has 7 heteroatoms. The standard InChI is InChI=1S/C26H34N6.HI/c1-27-26(30-18-23-7-11-25(12-8-23)20-32-16-13-28-21-32)29-17-22-5-9-24(10-6-22)19-31-14-3-2-4-15-31;/h5-13,16,21H,2-4,14-15,17-20H2,1H3,(H2,27,29,30);1H. The number of guanidine groups is 1. The smallest absolute Gasteiger partial charge is 0.191 e. The van der Waals surface area contributed by atoms with Crippen LogP contribution in [0.2, 0.25) is 0 Å². The second kappa shape index (κ2) is 13.3. The van der Waals surface area contributed by atoms with Crippen LogP contribution in [0.15, 0.2) is 72.2 Å². The molecule has 0 radical (unpaired) electrons. The van der Waals surface area contributed by atoms with E-state index in [0.717, 1.165) is 32.1 Å². The van der Waals surface area contributed by atoms with Gasteiger partial charge in [-0.1, -0.05) is 55.0 Å². The number of imidazole rings is 1. The van der Waals surface area contributed by atoms with Crippen LogP contribution < -0.4 is 10.6 Å². The van der Waals surface area contributed by atoms with Gasteiger partial charge in [-0.15, -0.1) is 24.0 Å². The number of halogens is 1. The number of nitrogens with zero attached hydrogens (tertiary/aromatic N) is 4. The Bertz CT molecular complexity index is 961. The molecule has 2 N–H and O–H groups in total. The first kappa shape index (κ1) is 25.2. The number of rotatable bonds is 8. The maximum atomic E-state index is 4.36. The molecule has 0 amide bonds. The summed E-state index contributed by atoms with van der Waals surface area (Å²) in [6, 6.07) is 17.6. The van der Waals surface area contributed by atoms with Crippen LogP contribution in [-0.4, -0.2) is 40.5 Å². The molecule has 6 nitrogen and oxygen atoms in total. The van der Waals surface area contributed by atoms with Crippen LogP contribution in [0.5, 0.6) is 0 Å². The quantitative estimate of drug-likeness (QED) is 0.245. The summed E-state index contributed by atoms with van der Waals surface area (Å²) in [5.74, 6) is 0.810. The van der Waals surface area contributed by atoms with E-state index in [1.54, 1.807) is 6.20 Å². The highest BCUT2D eigenvalue weighted by atomic mass is 127. The van der Waals surface area contributed by atoms with Crippen molar-refractivity contribution in [2.24, 2.45) is 4.99 Å². The Morgan fingerprint density at radius 3 is 1.88 bits per heavy atom. The van der Waals surface area contributed by atoms with Crippen LogP contribution in [-0.2, 0) is 26.2 Å². The molecule has 33 heavy (non-hydrogen) atoms. The zero-order valence-corrected chi connectivity index (χ0v) is 21.7. The predicted molar refractivity (Wildman–Crippen MR) is 146 cm³/mol. The van der Waals surface area contributed by atoms with Crippen LogP contribution in [0, 0.1) is 0 Å². The van der Waals surface area contributed by atoms with E-state index in [0.29, 0.717) is 0 Å². The van der Waals surface area contributed by atoms with Crippen molar-refractivity contribution in [1.82, 2.24) is 25.1 Å². The first-order valence-electron chi connectivity index (χ1n) is 11.6. The largest absolute Gasteiger partial charge is 0.352 e. The summed E-state index contributed by atoms with van der Waals surface area (Å²) in [7, 11) is 1.81. The van der Waals surface area contributed by atoms with E-state index in [2.05, 4.69) is 78.6 Å². The number of piperidine rings is 1. The molecular weight excluding hydrogens is 523 g/mol. The normalized spacial score (nSPS) is 14.5. The second-order valence-corrected chi connectivity index (χ2v) is 8.48. The molecule has 4 rings (SSSR count). The molecule has 0 aliphatic carbocycles. The number of hydrogen-bond donors (Lipinski definition) is 2. The van der Waals surface area contributed by atoms with Crippen LogP contribution in [0.25, 0.3) is 0 Å². The number of hydrogen-bond acceptors (Lipinski definition) is 3. The first-order valence-corrected chi connectivity index (χ1v) is 11.6. The van der Waals surface area contributed by atoms with E-state index in [1.165, 1.54) is 54.6 Å². The highest BCUT2D eigenvalue weighted by Gasteiger charge is 2.10. The number of aliphatic imine (C=N–C) groups is 1. The van der Waals surface area contributed by atoms with Crippen LogP contribution in [0.4, 0.5) is 0 Å². The minimum Gasteiger partial charge on any atom is -0.352 e.